The minimum atomic E-state index is -0.203. The second-order valence-corrected chi connectivity index (χ2v) is 7.37. The van der Waals surface area contributed by atoms with Gasteiger partial charge in [0.2, 0.25) is 0 Å². The summed E-state index contributed by atoms with van der Waals surface area (Å²) in [6.45, 7) is 2.01. The van der Waals surface area contributed by atoms with Crippen molar-refractivity contribution in [3.8, 4) is 22.8 Å². The first-order chi connectivity index (χ1) is 15.7. The number of benzene rings is 2. The Kier molecular flexibility index (Phi) is 5.09. The first kappa shape index (κ1) is 19.5. The van der Waals surface area contributed by atoms with Gasteiger partial charge in [0.05, 0.1) is 22.4 Å². The number of fused-ring (bicyclic) bond motifs is 1. The molecule has 6 nitrogen and oxygen atoms in total. The quantitative estimate of drug-likeness (QED) is 0.428. The largest absolute Gasteiger partial charge is 0.322 e. The number of nitrogens with zero attached hydrogens (tertiary/aromatic N) is 4. The summed E-state index contributed by atoms with van der Waals surface area (Å²) in [6, 6.07) is 24.3. The molecule has 2 aromatic carbocycles. The average molecular weight is 417 g/mol. The highest BCUT2D eigenvalue weighted by atomic mass is 16.1. The molecule has 1 N–H and O–H groups in total. The predicted molar refractivity (Wildman–Crippen MR) is 125 cm³/mol. The summed E-state index contributed by atoms with van der Waals surface area (Å²) < 4.78 is 0. The topological polar surface area (TPSA) is 80.7 Å². The molecule has 0 fully saturated rings. The van der Waals surface area contributed by atoms with E-state index in [1.807, 2.05) is 67.6 Å². The first-order valence-electron chi connectivity index (χ1n) is 10.2. The van der Waals surface area contributed by atoms with Crippen LogP contribution in [0.2, 0.25) is 0 Å². The van der Waals surface area contributed by atoms with Gasteiger partial charge in [-0.05, 0) is 61.5 Å². The number of anilines is 1. The molecule has 0 atom stereocenters. The lowest BCUT2D eigenvalue weighted by molar-refractivity contribution is 0.102. The second-order valence-electron chi connectivity index (χ2n) is 7.37. The smallest absolute Gasteiger partial charge is 0.255 e. The third-order valence-corrected chi connectivity index (χ3v) is 5.05. The summed E-state index contributed by atoms with van der Waals surface area (Å²) in [6.07, 6.45) is 3.44. The number of rotatable bonds is 4. The van der Waals surface area contributed by atoms with Crippen molar-refractivity contribution in [2.24, 2.45) is 0 Å². The molecule has 3 heterocycles. The zero-order valence-corrected chi connectivity index (χ0v) is 17.4. The molecule has 1 amide bonds. The molecule has 154 valence electrons. The molecule has 0 unspecified atom stereocenters. The van der Waals surface area contributed by atoms with Gasteiger partial charge < -0.3 is 5.32 Å². The Morgan fingerprint density at radius 3 is 1.94 bits per heavy atom. The summed E-state index contributed by atoms with van der Waals surface area (Å²) in [7, 11) is 0. The van der Waals surface area contributed by atoms with E-state index in [4.69, 9.17) is 9.97 Å². The molecule has 0 bridgehead atoms. The zero-order valence-electron chi connectivity index (χ0n) is 17.4. The fourth-order valence-corrected chi connectivity index (χ4v) is 3.40. The maximum atomic E-state index is 12.8. The van der Waals surface area contributed by atoms with Crippen LogP contribution in [0, 0.1) is 6.92 Å². The summed E-state index contributed by atoms with van der Waals surface area (Å²) in [5.74, 6) is -0.203. The van der Waals surface area contributed by atoms with Crippen LogP contribution < -0.4 is 5.32 Å². The molecule has 3 aromatic heterocycles. The number of pyridine rings is 2. The van der Waals surface area contributed by atoms with Crippen molar-refractivity contribution in [1.82, 2.24) is 19.9 Å². The van der Waals surface area contributed by atoms with Crippen LogP contribution in [0.1, 0.15) is 15.9 Å². The molecule has 0 aliphatic carbocycles. The molecule has 5 aromatic rings. The Morgan fingerprint density at radius 1 is 0.719 bits per heavy atom. The Hall–Kier alpha value is -4.45. The molecule has 0 aliphatic rings. The van der Waals surface area contributed by atoms with Crippen molar-refractivity contribution in [3.05, 3.63) is 102 Å². The highest BCUT2D eigenvalue weighted by Gasteiger charge is 2.16. The molecule has 0 saturated heterocycles. The summed E-state index contributed by atoms with van der Waals surface area (Å²) in [5.41, 5.74) is 6.34. The van der Waals surface area contributed by atoms with Crippen LogP contribution in [0.25, 0.3) is 33.8 Å². The number of hydrogen-bond donors (Lipinski definition) is 1. The van der Waals surface area contributed by atoms with E-state index in [1.165, 1.54) is 0 Å². The zero-order chi connectivity index (χ0) is 21.9. The fourth-order valence-electron chi connectivity index (χ4n) is 3.40. The van der Waals surface area contributed by atoms with Gasteiger partial charge in [0.1, 0.15) is 11.4 Å². The van der Waals surface area contributed by atoms with Crippen LogP contribution in [-0.2, 0) is 0 Å². The van der Waals surface area contributed by atoms with Gasteiger partial charge in [-0.2, -0.15) is 0 Å². The third kappa shape index (κ3) is 3.94. The van der Waals surface area contributed by atoms with E-state index in [0.717, 1.165) is 11.3 Å². The van der Waals surface area contributed by atoms with Crippen molar-refractivity contribution in [2.45, 2.75) is 6.92 Å². The molecule has 0 saturated carbocycles. The highest BCUT2D eigenvalue weighted by molar-refractivity contribution is 6.06. The van der Waals surface area contributed by atoms with Crippen molar-refractivity contribution < 1.29 is 4.79 Å². The van der Waals surface area contributed by atoms with Crippen LogP contribution in [-0.4, -0.2) is 25.8 Å². The molecular weight excluding hydrogens is 398 g/mol. The lowest BCUT2D eigenvalue weighted by Gasteiger charge is -2.10. The second kappa shape index (κ2) is 8.35. The van der Waals surface area contributed by atoms with Gasteiger partial charge in [0.15, 0.2) is 0 Å². The van der Waals surface area contributed by atoms with Crippen molar-refractivity contribution in [1.29, 1.82) is 0 Å². The van der Waals surface area contributed by atoms with Crippen molar-refractivity contribution in [2.75, 3.05) is 5.32 Å². The fraction of sp³-hybridized carbons (Fsp3) is 0.0385. The summed E-state index contributed by atoms with van der Waals surface area (Å²) >= 11 is 0. The Bertz CT molecular complexity index is 1400. The lowest BCUT2D eigenvalue weighted by Crippen LogP contribution is -2.12. The van der Waals surface area contributed by atoms with Crippen LogP contribution in [0.15, 0.2) is 91.3 Å². The van der Waals surface area contributed by atoms with Gasteiger partial charge in [-0.3, -0.25) is 14.8 Å². The van der Waals surface area contributed by atoms with Crippen molar-refractivity contribution >= 4 is 22.6 Å². The SMILES string of the molecule is Cc1ccc(NC(=O)c2ccc3nc(-c4ccccn4)c(-c4ccccn4)nc3c2)cc1. The lowest BCUT2D eigenvalue weighted by atomic mass is 10.1. The van der Waals surface area contributed by atoms with E-state index in [0.29, 0.717) is 39.4 Å². The van der Waals surface area contributed by atoms with Crippen LogP contribution in [0.4, 0.5) is 5.69 Å². The van der Waals surface area contributed by atoms with E-state index >= 15 is 0 Å². The van der Waals surface area contributed by atoms with Crippen LogP contribution in [0.5, 0.6) is 0 Å². The maximum Gasteiger partial charge on any atom is 0.255 e. The number of carbonyl (C=O) groups is 1. The van der Waals surface area contributed by atoms with Gasteiger partial charge in [-0.15, -0.1) is 0 Å². The molecule has 6 heteroatoms. The minimum Gasteiger partial charge on any atom is -0.322 e. The maximum absolute atomic E-state index is 12.8. The number of nitrogens with one attached hydrogen (secondary N) is 1. The molecule has 5 rings (SSSR count). The van der Waals surface area contributed by atoms with E-state index in [2.05, 4.69) is 15.3 Å². The van der Waals surface area contributed by atoms with Crippen LogP contribution in [0.3, 0.4) is 0 Å². The van der Waals surface area contributed by atoms with E-state index in [9.17, 15) is 4.79 Å². The number of aromatic nitrogens is 4. The van der Waals surface area contributed by atoms with E-state index < -0.39 is 0 Å². The minimum absolute atomic E-state index is 0.203. The molecule has 0 radical (unpaired) electrons. The number of aryl methyl sites for hydroxylation is 1. The number of hydrogen-bond acceptors (Lipinski definition) is 5. The van der Waals surface area contributed by atoms with E-state index in [-0.39, 0.29) is 5.91 Å². The standard InChI is InChI=1S/C26H19N5O/c1-17-8-11-19(12-9-17)29-26(32)18-10-13-20-23(16-18)31-25(22-7-3-5-15-28-22)24(30-20)21-6-2-4-14-27-21/h2-16H,1H3,(H,29,32). The normalized spacial score (nSPS) is 10.8. The Labute approximate surface area is 185 Å². The molecule has 32 heavy (non-hydrogen) atoms. The van der Waals surface area contributed by atoms with E-state index in [1.54, 1.807) is 30.6 Å². The van der Waals surface area contributed by atoms with Gasteiger partial charge in [0.25, 0.3) is 5.91 Å². The third-order valence-electron chi connectivity index (χ3n) is 5.05. The first-order valence-corrected chi connectivity index (χ1v) is 10.2. The summed E-state index contributed by atoms with van der Waals surface area (Å²) in [5, 5.41) is 2.92. The Morgan fingerprint density at radius 2 is 1.34 bits per heavy atom. The number of carbonyl (C=O) groups excluding carboxylic acids is 1. The van der Waals surface area contributed by atoms with Gasteiger partial charge >= 0.3 is 0 Å². The van der Waals surface area contributed by atoms with Crippen LogP contribution >= 0.6 is 0 Å². The monoisotopic (exact) mass is 417 g/mol. The molecular formula is C26H19N5O. The predicted octanol–water partition coefficient (Wildman–Crippen LogP) is 5.31. The molecule has 0 spiro atoms. The Balaban J connectivity index is 1.59. The molecule has 0 aliphatic heterocycles. The average Bonchev–Trinajstić information content (AvgIpc) is 2.85. The van der Waals surface area contributed by atoms with Gasteiger partial charge in [-0.1, -0.05) is 29.8 Å². The number of amides is 1. The van der Waals surface area contributed by atoms with Gasteiger partial charge in [-0.25, -0.2) is 9.97 Å². The van der Waals surface area contributed by atoms with Gasteiger partial charge in [0, 0.05) is 23.6 Å². The summed E-state index contributed by atoms with van der Waals surface area (Å²) in [4.78, 5) is 31.4. The highest BCUT2D eigenvalue weighted by Crippen LogP contribution is 2.29. The van der Waals surface area contributed by atoms with Crippen molar-refractivity contribution in [3.63, 3.8) is 0 Å².